The fourth-order valence-electron chi connectivity index (χ4n) is 1.70. The van der Waals surface area contributed by atoms with E-state index in [1.807, 2.05) is 0 Å². The SMILES string of the molecule is Cc1cc(C)c([C@H](N)C(C)C)cc1C. The average molecular weight is 191 g/mol. The van der Waals surface area contributed by atoms with Gasteiger partial charge in [-0.25, -0.2) is 0 Å². The van der Waals surface area contributed by atoms with E-state index in [0.717, 1.165) is 0 Å². The van der Waals surface area contributed by atoms with Gasteiger partial charge in [0.1, 0.15) is 0 Å². The Morgan fingerprint density at radius 1 is 0.929 bits per heavy atom. The molecule has 0 saturated heterocycles. The first kappa shape index (κ1) is 11.3. The Balaban J connectivity index is 3.15. The van der Waals surface area contributed by atoms with Crippen LogP contribution in [0.4, 0.5) is 0 Å². The van der Waals surface area contributed by atoms with Gasteiger partial charge in [-0.1, -0.05) is 26.0 Å². The summed E-state index contributed by atoms with van der Waals surface area (Å²) >= 11 is 0. The van der Waals surface area contributed by atoms with Crippen molar-refractivity contribution in [1.29, 1.82) is 0 Å². The van der Waals surface area contributed by atoms with Crippen LogP contribution in [0.1, 0.15) is 42.1 Å². The zero-order chi connectivity index (χ0) is 10.9. The molecule has 0 aromatic heterocycles. The predicted molar refractivity (Wildman–Crippen MR) is 62.4 cm³/mol. The molecule has 0 bridgehead atoms. The summed E-state index contributed by atoms with van der Waals surface area (Å²) in [6, 6.07) is 4.62. The Morgan fingerprint density at radius 3 is 1.93 bits per heavy atom. The Labute approximate surface area is 87.3 Å². The van der Waals surface area contributed by atoms with Crippen LogP contribution < -0.4 is 5.73 Å². The van der Waals surface area contributed by atoms with Crippen LogP contribution in [0.2, 0.25) is 0 Å². The van der Waals surface area contributed by atoms with Gasteiger partial charge in [0.25, 0.3) is 0 Å². The number of nitrogens with two attached hydrogens (primary N) is 1. The van der Waals surface area contributed by atoms with Crippen LogP contribution in [0.3, 0.4) is 0 Å². The minimum atomic E-state index is 0.161. The summed E-state index contributed by atoms with van der Waals surface area (Å²) in [5, 5.41) is 0. The highest BCUT2D eigenvalue weighted by Gasteiger charge is 2.13. The van der Waals surface area contributed by atoms with Crippen LogP contribution in [0.25, 0.3) is 0 Å². The Hall–Kier alpha value is -0.820. The van der Waals surface area contributed by atoms with E-state index in [0.29, 0.717) is 5.92 Å². The second-order valence-electron chi connectivity index (χ2n) is 4.56. The van der Waals surface area contributed by atoms with E-state index >= 15 is 0 Å². The van der Waals surface area contributed by atoms with Gasteiger partial charge in [0.05, 0.1) is 0 Å². The summed E-state index contributed by atoms with van der Waals surface area (Å²) in [6.07, 6.45) is 0. The highest BCUT2D eigenvalue weighted by atomic mass is 14.6. The normalized spacial score (nSPS) is 13.4. The van der Waals surface area contributed by atoms with Gasteiger partial charge in [-0.05, 0) is 48.9 Å². The molecule has 14 heavy (non-hydrogen) atoms. The number of benzene rings is 1. The zero-order valence-corrected chi connectivity index (χ0v) is 9.89. The summed E-state index contributed by atoms with van der Waals surface area (Å²) in [4.78, 5) is 0. The number of aryl methyl sites for hydroxylation is 3. The molecular formula is C13H21N. The summed E-state index contributed by atoms with van der Waals surface area (Å²) in [5.74, 6) is 0.496. The van der Waals surface area contributed by atoms with Gasteiger partial charge < -0.3 is 5.73 Å². The van der Waals surface area contributed by atoms with Gasteiger partial charge in [0.15, 0.2) is 0 Å². The first-order valence-electron chi connectivity index (χ1n) is 5.26. The topological polar surface area (TPSA) is 26.0 Å². The number of hydrogen-bond acceptors (Lipinski definition) is 1. The molecule has 78 valence electrons. The second kappa shape index (κ2) is 4.14. The summed E-state index contributed by atoms with van der Waals surface area (Å²) < 4.78 is 0. The van der Waals surface area contributed by atoms with Crippen LogP contribution in [0, 0.1) is 26.7 Å². The first-order valence-corrected chi connectivity index (χ1v) is 5.26. The lowest BCUT2D eigenvalue weighted by atomic mass is 9.90. The molecule has 2 N–H and O–H groups in total. The highest BCUT2D eigenvalue weighted by Crippen LogP contribution is 2.24. The average Bonchev–Trinajstić information content (AvgIpc) is 2.10. The summed E-state index contributed by atoms with van der Waals surface area (Å²) in [6.45, 7) is 10.8. The van der Waals surface area contributed by atoms with Crippen molar-refractivity contribution >= 4 is 0 Å². The van der Waals surface area contributed by atoms with E-state index in [1.54, 1.807) is 0 Å². The number of rotatable bonds is 2. The second-order valence-corrected chi connectivity index (χ2v) is 4.56. The van der Waals surface area contributed by atoms with Gasteiger partial charge in [0.2, 0.25) is 0 Å². The Bertz CT molecular complexity index is 326. The standard InChI is InChI=1S/C13H21N/c1-8(2)13(14)12-7-10(4)9(3)6-11(12)5/h6-8,13H,14H2,1-5H3/t13-/m1/s1. The minimum Gasteiger partial charge on any atom is -0.324 e. The van der Waals surface area contributed by atoms with Crippen molar-refractivity contribution in [1.82, 2.24) is 0 Å². The largest absolute Gasteiger partial charge is 0.324 e. The lowest BCUT2D eigenvalue weighted by molar-refractivity contribution is 0.512. The van der Waals surface area contributed by atoms with Crippen molar-refractivity contribution < 1.29 is 0 Å². The van der Waals surface area contributed by atoms with Crippen LogP contribution in [0.15, 0.2) is 12.1 Å². The quantitative estimate of drug-likeness (QED) is 0.763. The van der Waals surface area contributed by atoms with Gasteiger partial charge in [0, 0.05) is 6.04 Å². The fraction of sp³-hybridized carbons (Fsp3) is 0.538. The molecule has 0 aliphatic carbocycles. The predicted octanol–water partition coefficient (Wildman–Crippen LogP) is 3.27. The molecule has 1 rings (SSSR count). The van der Waals surface area contributed by atoms with Crippen LogP contribution in [-0.2, 0) is 0 Å². The fourth-order valence-corrected chi connectivity index (χ4v) is 1.70. The third-order valence-electron chi connectivity index (χ3n) is 2.96. The lowest BCUT2D eigenvalue weighted by Crippen LogP contribution is -2.18. The molecule has 0 unspecified atom stereocenters. The molecule has 1 atom stereocenters. The first-order chi connectivity index (χ1) is 6.43. The molecule has 1 nitrogen and oxygen atoms in total. The van der Waals surface area contributed by atoms with Crippen molar-refractivity contribution in [3.63, 3.8) is 0 Å². The third kappa shape index (κ3) is 2.16. The maximum Gasteiger partial charge on any atom is 0.0320 e. The molecule has 1 aromatic rings. The van der Waals surface area contributed by atoms with Crippen molar-refractivity contribution in [3.05, 3.63) is 34.4 Å². The molecule has 1 aromatic carbocycles. The van der Waals surface area contributed by atoms with E-state index in [-0.39, 0.29) is 6.04 Å². The minimum absolute atomic E-state index is 0.161. The maximum atomic E-state index is 6.16. The highest BCUT2D eigenvalue weighted by molar-refractivity contribution is 5.38. The van der Waals surface area contributed by atoms with E-state index in [4.69, 9.17) is 5.73 Å². The Kier molecular flexibility index (Phi) is 3.33. The molecule has 0 radical (unpaired) electrons. The third-order valence-corrected chi connectivity index (χ3v) is 2.96. The molecule has 0 aliphatic heterocycles. The maximum absolute atomic E-state index is 6.16. The van der Waals surface area contributed by atoms with Gasteiger partial charge in [-0.2, -0.15) is 0 Å². The molecule has 0 aliphatic rings. The molecule has 0 fully saturated rings. The Morgan fingerprint density at radius 2 is 1.43 bits per heavy atom. The molecule has 0 spiro atoms. The van der Waals surface area contributed by atoms with Crippen LogP contribution in [-0.4, -0.2) is 0 Å². The van der Waals surface area contributed by atoms with Crippen molar-refractivity contribution in [2.75, 3.05) is 0 Å². The molecule has 0 saturated carbocycles. The lowest BCUT2D eigenvalue weighted by Gasteiger charge is -2.19. The van der Waals surface area contributed by atoms with E-state index < -0.39 is 0 Å². The van der Waals surface area contributed by atoms with Crippen LogP contribution in [0.5, 0.6) is 0 Å². The van der Waals surface area contributed by atoms with Gasteiger partial charge in [-0.15, -0.1) is 0 Å². The van der Waals surface area contributed by atoms with Crippen molar-refractivity contribution in [2.45, 2.75) is 40.7 Å². The molecule has 0 heterocycles. The van der Waals surface area contributed by atoms with Gasteiger partial charge in [-0.3, -0.25) is 0 Å². The van der Waals surface area contributed by atoms with Gasteiger partial charge >= 0.3 is 0 Å². The smallest absolute Gasteiger partial charge is 0.0320 e. The van der Waals surface area contributed by atoms with Crippen molar-refractivity contribution in [3.8, 4) is 0 Å². The summed E-state index contributed by atoms with van der Waals surface area (Å²) in [5.41, 5.74) is 11.5. The van der Waals surface area contributed by atoms with Crippen LogP contribution >= 0.6 is 0 Å². The monoisotopic (exact) mass is 191 g/mol. The van der Waals surface area contributed by atoms with E-state index in [1.165, 1.54) is 22.3 Å². The molecule has 0 amide bonds. The zero-order valence-electron chi connectivity index (χ0n) is 9.89. The van der Waals surface area contributed by atoms with E-state index in [2.05, 4.69) is 46.8 Å². The van der Waals surface area contributed by atoms with E-state index in [9.17, 15) is 0 Å². The molecular weight excluding hydrogens is 170 g/mol. The summed E-state index contributed by atoms with van der Waals surface area (Å²) in [7, 11) is 0. The number of hydrogen-bond donors (Lipinski definition) is 1. The van der Waals surface area contributed by atoms with Crippen molar-refractivity contribution in [2.24, 2.45) is 11.7 Å². The molecule has 1 heteroatoms.